The first-order valence-electron chi connectivity index (χ1n) is 11.3. The first-order chi connectivity index (χ1) is 15.7. The van der Waals surface area contributed by atoms with E-state index in [4.69, 9.17) is 4.74 Å². The molecule has 5 nitrogen and oxygen atoms in total. The number of hydrogen-bond acceptors (Lipinski definition) is 4. The van der Waals surface area contributed by atoms with Crippen LogP contribution in [0.1, 0.15) is 56.5 Å². The standard InChI is InChI=1S/C28H34N2O3/c1-20(22-14-10-7-11-15-22)30(19-21-12-8-6-9-13-21)26(25(27(31)32)28(2,3)4)23-16-17-24(33-5)29-18-23/h6-18,20,25-26H,19H2,1-5H3,(H,31,32)/t20-,25?,26-/m1/s1. The van der Waals surface area contributed by atoms with Crippen LogP contribution in [0.25, 0.3) is 0 Å². The number of aliphatic carboxylic acids is 1. The molecule has 33 heavy (non-hydrogen) atoms. The molecule has 0 amide bonds. The highest BCUT2D eigenvalue weighted by molar-refractivity contribution is 5.72. The van der Waals surface area contributed by atoms with Crippen molar-refractivity contribution < 1.29 is 14.6 Å². The minimum atomic E-state index is -0.818. The number of carboxylic acid groups (broad SMARTS) is 1. The van der Waals surface area contributed by atoms with Gasteiger partial charge in [0.05, 0.1) is 19.1 Å². The molecule has 1 unspecified atom stereocenters. The number of methoxy groups -OCH3 is 1. The number of nitrogens with zero attached hydrogens (tertiary/aromatic N) is 2. The van der Waals surface area contributed by atoms with Gasteiger partial charge in [-0.3, -0.25) is 9.69 Å². The average molecular weight is 447 g/mol. The molecule has 1 heterocycles. The zero-order chi connectivity index (χ0) is 24.0. The van der Waals surface area contributed by atoms with Crippen molar-refractivity contribution in [2.75, 3.05) is 7.11 Å². The van der Waals surface area contributed by atoms with Gasteiger partial charge in [0, 0.05) is 24.8 Å². The van der Waals surface area contributed by atoms with Gasteiger partial charge in [-0.05, 0) is 29.0 Å². The van der Waals surface area contributed by atoms with Crippen LogP contribution in [0.5, 0.6) is 5.88 Å². The molecule has 174 valence electrons. The van der Waals surface area contributed by atoms with Crippen LogP contribution in [0.15, 0.2) is 79.0 Å². The van der Waals surface area contributed by atoms with Crippen LogP contribution in [0.4, 0.5) is 0 Å². The quantitative estimate of drug-likeness (QED) is 0.428. The number of hydrogen-bond donors (Lipinski definition) is 1. The van der Waals surface area contributed by atoms with E-state index in [1.54, 1.807) is 19.4 Å². The van der Waals surface area contributed by atoms with Crippen molar-refractivity contribution in [2.24, 2.45) is 11.3 Å². The number of pyridine rings is 1. The molecule has 1 N–H and O–H groups in total. The monoisotopic (exact) mass is 446 g/mol. The summed E-state index contributed by atoms with van der Waals surface area (Å²) in [5.74, 6) is -0.977. The fourth-order valence-electron chi connectivity index (χ4n) is 4.44. The van der Waals surface area contributed by atoms with Crippen LogP contribution < -0.4 is 4.74 Å². The molecule has 0 saturated heterocycles. The van der Waals surface area contributed by atoms with Gasteiger partial charge in [0.15, 0.2) is 0 Å². The van der Waals surface area contributed by atoms with Gasteiger partial charge < -0.3 is 9.84 Å². The SMILES string of the molecule is COc1ccc([C@H](C(C(=O)O)C(C)(C)C)N(Cc2ccccc2)[C@H](C)c2ccccc2)cn1. The number of aromatic nitrogens is 1. The predicted octanol–water partition coefficient (Wildman–Crippen LogP) is 6.14. The summed E-state index contributed by atoms with van der Waals surface area (Å²) < 4.78 is 5.26. The summed E-state index contributed by atoms with van der Waals surface area (Å²) in [6.07, 6.45) is 1.75. The molecule has 0 bridgehead atoms. The number of ether oxygens (including phenoxy) is 1. The molecule has 3 atom stereocenters. The third-order valence-corrected chi connectivity index (χ3v) is 6.17. The maximum absolute atomic E-state index is 12.7. The zero-order valence-electron chi connectivity index (χ0n) is 20.1. The van der Waals surface area contributed by atoms with Crippen molar-refractivity contribution in [1.82, 2.24) is 9.88 Å². The van der Waals surface area contributed by atoms with Crippen LogP contribution in [-0.4, -0.2) is 28.1 Å². The highest BCUT2D eigenvalue weighted by Gasteiger charge is 2.43. The Morgan fingerprint density at radius 2 is 1.58 bits per heavy atom. The Kier molecular flexibility index (Phi) is 7.88. The van der Waals surface area contributed by atoms with Gasteiger partial charge in [-0.25, -0.2) is 4.98 Å². The van der Waals surface area contributed by atoms with E-state index in [9.17, 15) is 9.90 Å². The summed E-state index contributed by atoms with van der Waals surface area (Å²) in [5, 5.41) is 10.4. The zero-order valence-corrected chi connectivity index (χ0v) is 20.1. The van der Waals surface area contributed by atoms with Crippen LogP contribution in [0.2, 0.25) is 0 Å². The molecular formula is C28H34N2O3. The van der Waals surface area contributed by atoms with E-state index >= 15 is 0 Å². The first kappa shape index (κ1) is 24.5. The smallest absolute Gasteiger partial charge is 0.308 e. The van der Waals surface area contributed by atoms with E-state index < -0.39 is 23.3 Å². The van der Waals surface area contributed by atoms with Crippen LogP contribution in [0.3, 0.4) is 0 Å². The number of benzene rings is 2. The Morgan fingerprint density at radius 1 is 0.970 bits per heavy atom. The second kappa shape index (κ2) is 10.6. The van der Waals surface area contributed by atoms with Gasteiger partial charge in [0.1, 0.15) is 0 Å². The highest BCUT2D eigenvalue weighted by Crippen LogP contribution is 2.44. The lowest BCUT2D eigenvalue weighted by molar-refractivity contribution is -0.150. The molecule has 0 saturated carbocycles. The van der Waals surface area contributed by atoms with Gasteiger partial charge in [0.25, 0.3) is 0 Å². The van der Waals surface area contributed by atoms with E-state index in [2.05, 4.69) is 41.1 Å². The molecule has 3 aromatic rings. The summed E-state index contributed by atoms with van der Waals surface area (Å²) >= 11 is 0. The third kappa shape index (κ3) is 5.99. The summed E-state index contributed by atoms with van der Waals surface area (Å²) in [5.41, 5.74) is 2.64. The van der Waals surface area contributed by atoms with E-state index in [1.165, 1.54) is 0 Å². The van der Waals surface area contributed by atoms with Gasteiger partial charge in [-0.15, -0.1) is 0 Å². The lowest BCUT2D eigenvalue weighted by atomic mass is 9.73. The number of rotatable bonds is 9. The van der Waals surface area contributed by atoms with Crippen molar-refractivity contribution in [2.45, 2.75) is 46.3 Å². The maximum Gasteiger partial charge on any atom is 0.308 e. The van der Waals surface area contributed by atoms with Crippen molar-refractivity contribution in [3.05, 3.63) is 95.7 Å². The maximum atomic E-state index is 12.7. The lowest BCUT2D eigenvalue weighted by Gasteiger charge is -2.44. The molecular weight excluding hydrogens is 412 g/mol. The van der Waals surface area contributed by atoms with Gasteiger partial charge in [-0.2, -0.15) is 0 Å². The highest BCUT2D eigenvalue weighted by atomic mass is 16.5. The summed E-state index contributed by atoms with van der Waals surface area (Å²) in [4.78, 5) is 19.4. The Hall–Kier alpha value is -3.18. The molecule has 0 aliphatic rings. The van der Waals surface area contributed by atoms with Crippen molar-refractivity contribution >= 4 is 5.97 Å². The van der Waals surface area contributed by atoms with Gasteiger partial charge in [0.2, 0.25) is 5.88 Å². The summed E-state index contributed by atoms with van der Waals surface area (Å²) in [6.45, 7) is 8.72. The fraction of sp³-hybridized carbons (Fsp3) is 0.357. The van der Waals surface area contributed by atoms with Crippen LogP contribution >= 0.6 is 0 Å². The van der Waals surface area contributed by atoms with E-state index in [-0.39, 0.29) is 6.04 Å². The van der Waals surface area contributed by atoms with Crippen LogP contribution in [-0.2, 0) is 11.3 Å². The Morgan fingerprint density at radius 3 is 2.06 bits per heavy atom. The van der Waals surface area contributed by atoms with Crippen molar-refractivity contribution in [3.63, 3.8) is 0 Å². The van der Waals surface area contributed by atoms with Gasteiger partial charge in [-0.1, -0.05) is 87.5 Å². The molecule has 0 fully saturated rings. The second-order valence-electron chi connectivity index (χ2n) is 9.51. The molecule has 3 rings (SSSR count). The largest absolute Gasteiger partial charge is 0.481 e. The normalized spacial score (nSPS) is 14.5. The summed E-state index contributed by atoms with van der Waals surface area (Å²) in [6, 6.07) is 23.7. The predicted molar refractivity (Wildman–Crippen MR) is 131 cm³/mol. The van der Waals surface area contributed by atoms with E-state index in [0.29, 0.717) is 12.4 Å². The molecule has 2 aromatic carbocycles. The molecule has 1 aromatic heterocycles. The molecule has 0 aliphatic carbocycles. The Bertz CT molecular complexity index is 1010. The molecule has 0 aliphatic heterocycles. The molecule has 0 radical (unpaired) electrons. The minimum Gasteiger partial charge on any atom is -0.481 e. The second-order valence-corrected chi connectivity index (χ2v) is 9.51. The van der Waals surface area contributed by atoms with Crippen molar-refractivity contribution in [1.29, 1.82) is 0 Å². The summed E-state index contributed by atoms with van der Waals surface area (Å²) in [7, 11) is 1.58. The number of carboxylic acids is 1. The average Bonchev–Trinajstić information content (AvgIpc) is 2.81. The van der Waals surface area contributed by atoms with E-state index in [1.807, 2.05) is 63.2 Å². The third-order valence-electron chi connectivity index (χ3n) is 6.17. The first-order valence-corrected chi connectivity index (χ1v) is 11.3. The van der Waals surface area contributed by atoms with Crippen molar-refractivity contribution in [3.8, 4) is 5.88 Å². The number of carbonyl (C=O) groups is 1. The fourth-order valence-corrected chi connectivity index (χ4v) is 4.44. The Balaban J connectivity index is 2.19. The van der Waals surface area contributed by atoms with Crippen LogP contribution in [0, 0.1) is 11.3 Å². The molecule has 0 spiro atoms. The van der Waals surface area contributed by atoms with E-state index in [0.717, 1.165) is 16.7 Å². The lowest BCUT2D eigenvalue weighted by Crippen LogP contribution is -2.43. The minimum absolute atomic E-state index is 0.0253. The topological polar surface area (TPSA) is 62.7 Å². The molecule has 5 heteroatoms. The van der Waals surface area contributed by atoms with Gasteiger partial charge >= 0.3 is 5.97 Å². The Labute approximate surface area is 197 Å².